The van der Waals surface area contributed by atoms with E-state index in [0.717, 1.165) is 28.0 Å². The van der Waals surface area contributed by atoms with Crippen molar-refractivity contribution in [3.63, 3.8) is 0 Å². The predicted octanol–water partition coefficient (Wildman–Crippen LogP) is 3.83. The molecule has 0 saturated heterocycles. The second kappa shape index (κ2) is 6.12. The summed E-state index contributed by atoms with van der Waals surface area (Å²) < 4.78 is 3.08. The average molecular weight is 392 g/mol. The monoisotopic (exact) mass is 390 g/mol. The van der Waals surface area contributed by atoms with Crippen molar-refractivity contribution in [3.8, 4) is 0 Å². The minimum Gasteiger partial charge on any atom is -0.307 e. The van der Waals surface area contributed by atoms with Gasteiger partial charge in [0, 0.05) is 16.0 Å². The van der Waals surface area contributed by atoms with Gasteiger partial charge in [-0.05, 0) is 50.8 Å². The Kier molecular flexibility index (Phi) is 4.75. The molecule has 0 spiro atoms. The summed E-state index contributed by atoms with van der Waals surface area (Å²) >= 11 is 8.30. The molecule has 0 aliphatic carbocycles. The molecule has 0 saturated carbocycles. The van der Waals surface area contributed by atoms with Gasteiger partial charge < -0.3 is 4.57 Å². The second-order valence-electron chi connectivity index (χ2n) is 3.92. The van der Waals surface area contributed by atoms with Gasteiger partial charge in [0.25, 0.3) is 5.56 Å². The van der Waals surface area contributed by atoms with E-state index in [1.54, 1.807) is 28.2 Å². The number of aryl methyl sites for hydroxylation is 1. The van der Waals surface area contributed by atoms with Crippen molar-refractivity contribution >= 4 is 43.2 Å². The molecule has 6 heteroatoms. The van der Waals surface area contributed by atoms with Crippen molar-refractivity contribution in [3.05, 3.63) is 47.6 Å². The van der Waals surface area contributed by atoms with E-state index in [2.05, 4.69) is 43.8 Å². The molecule has 0 atom stereocenters. The van der Waals surface area contributed by atoms with Crippen LogP contribution in [-0.4, -0.2) is 9.55 Å². The van der Waals surface area contributed by atoms with E-state index in [1.807, 2.05) is 5.38 Å². The van der Waals surface area contributed by atoms with Crippen LogP contribution in [0.15, 0.2) is 31.4 Å². The third-order valence-corrected chi connectivity index (χ3v) is 4.36. The number of hydrogen-bond acceptors (Lipinski definition) is 3. The number of hydrogen-bond donors (Lipinski definition) is 0. The molecule has 0 aliphatic heterocycles. The maximum Gasteiger partial charge on any atom is 0.265 e. The fraction of sp³-hybridized carbons (Fsp3) is 0.333. The van der Waals surface area contributed by atoms with Crippen molar-refractivity contribution in [2.75, 3.05) is 0 Å². The molecule has 0 N–H and O–H groups in total. The Balaban J connectivity index is 2.25. The van der Waals surface area contributed by atoms with Crippen LogP contribution in [0.4, 0.5) is 0 Å². The Bertz CT molecular complexity index is 606. The van der Waals surface area contributed by atoms with Gasteiger partial charge >= 0.3 is 0 Å². The van der Waals surface area contributed by atoms with Gasteiger partial charge in [0.15, 0.2) is 0 Å². The maximum atomic E-state index is 11.9. The van der Waals surface area contributed by atoms with Crippen molar-refractivity contribution in [2.24, 2.45) is 0 Å². The van der Waals surface area contributed by atoms with Gasteiger partial charge in [-0.2, -0.15) is 0 Å². The Labute approximate surface area is 126 Å². The molecule has 0 aromatic carbocycles. The molecule has 0 unspecified atom stereocenters. The van der Waals surface area contributed by atoms with Gasteiger partial charge in [-0.15, -0.1) is 11.3 Å². The lowest BCUT2D eigenvalue weighted by Gasteiger charge is -2.04. The Morgan fingerprint density at radius 1 is 1.44 bits per heavy atom. The summed E-state index contributed by atoms with van der Waals surface area (Å²) in [7, 11) is 0. The van der Waals surface area contributed by atoms with Crippen LogP contribution in [0.2, 0.25) is 0 Å². The van der Waals surface area contributed by atoms with Crippen molar-refractivity contribution in [2.45, 2.75) is 26.3 Å². The standard InChI is InChI=1S/C12H12Br2N2OS/c1-2-3-11-15-9(7-18-11)6-16-5-8(13)4-10(14)12(16)17/h4-5,7H,2-3,6H2,1H3. The van der Waals surface area contributed by atoms with E-state index in [9.17, 15) is 4.79 Å². The van der Waals surface area contributed by atoms with Gasteiger partial charge in [0.1, 0.15) is 0 Å². The molecule has 2 rings (SSSR count). The first kappa shape index (κ1) is 14.0. The minimum absolute atomic E-state index is 0.0387. The zero-order chi connectivity index (χ0) is 13.1. The van der Waals surface area contributed by atoms with E-state index in [4.69, 9.17) is 0 Å². The molecule has 0 radical (unpaired) electrons. The summed E-state index contributed by atoms with van der Waals surface area (Å²) in [5.74, 6) is 0. The van der Waals surface area contributed by atoms with Crippen LogP contribution in [0.25, 0.3) is 0 Å². The summed E-state index contributed by atoms with van der Waals surface area (Å²) in [5.41, 5.74) is 0.902. The first-order valence-corrected chi connectivity index (χ1v) is 8.05. The second-order valence-corrected chi connectivity index (χ2v) is 6.63. The highest BCUT2D eigenvalue weighted by Crippen LogP contribution is 2.15. The number of pyridine rings is 1. The van der Waals surface area contributed by atoms with Gasteiger partial charge in [0.05, 0.1) is 21.7 Å². The number of aromatic nitrogens is 2. The lowest BCUT2D eigenvalue weighted by molar-refractivity contribution is 0.732. The minimum atomic E-state index is -0.0387. The van der Waals surface area contributed by atoms with Crippen LogP contribution in [0.1, 0.15) is 24.0 Å². The third kappa shape index (κ3) is 3.30. The maximum absolute atomic E-state index is 11.9. The molecule has 18 heavy (non-hydrogen) atoms. The lowest BCUT2D eigenvalue weighted by atomic mass is 10.3. The third-order valence-electron chi connectivity index (χ3n) is 2.40. The number of nitrogens with zero attached hydrogens (tertiary/aromatic N) is 2. The zero-order valence-corrected chi connectivity index (χ0v) is 13.8. The lowest BCUT2D eigenvalue weighted by Crippen LogP contribution is -2.20. The molecule has 0 aliphatic rings. The Morgan fingerprint density at radius 3 is 2.94 bits per heavy atom. The highest BCUT2D eigenvalue weighted by molar-refractivity contribution is 9.11. The molecular weight excluding hydrogens is 380 g/mol. The number of thiazole rings is 1. The molecule has 0 amide bonds. The van der Waals surface area contributed by atoms with Crippen LogP contribution in [0.5, 0.6) is 0 Å². The van der Waals surface area contributed by atoms with Gasteiger partial charge in [0.2, 0.25) is 0 Å². The Morgan fingerprint density at radius 2 is 2.22 bits per heavy atom. The quantitative estimate of drug-likeness (QED) is 0.793. The fourth-order valence-electron chi connectivity index (χ4n) is 1.61. The Hall–Kier alpha value is -0.460. The molecular formula is C12H12Br2N2OS. The fourth-order valence-corrected chi connectivity index (χ4v) is 3.76. The topological polar surface area (TPSA) is 34.9 Å². The van der Waals surface area contributed by atoms with Gasteiger partial charge in [-0.3, -0.25) is 4.79 Å². The summed E-state index contributed by atoms with van der Waals surface area (Å²) in [5, 5.41) is 3.15. The zero-order valence-electron chi connectivity index (χ0n) is 9.82. The molecule has 0 fully saturated rings. The summed E-state index contributed by atoms with van der Waals surface area (Å²) in [6.07, 6.45) is 3.88. The average Bonchev–Trinajstić information content (AvgIpc) is 2.73. The molecule has 0 bridgehead atoms. The largest absolute Gasteiger partial charge is 0.307 e. The van der Waals surface area contributed by atoms with Gasteiger partial charge in [-0.1, -0.05) is 6.92 Å². The highest BCUT2D eigenvalue weighted by atomic mass is 79.9. The smallest absolute Gasteiger partial charge is 0.265 e. The summed E-state index contributed by atoms with van der Waals surface area (Å²) in [4.78, 5) is 16.5. The van der Waals surface area contributed by atoms with Crippen LogP contribution in [-0.2, 0) is 13.0 Å². The van der Waals surface area contributed by atoms with Crippen LogP contribution >= 0.6 is 43.2 Å². The van der Waals surface area contributed by atoms with Crippen molar-refractivity contribution in [1.29, 1.82) is 0 Å². The van der Waals surface area contributed by atoms with E-state index >= 15 is 0 Å². The van der Waals surface area contributed by atoms with Crippen LogP contribution < -0.4 is 5.56 Å². The summed E-state index contributed by atoms with van der Waals surface area (Å²) in [6, 6.07) is 1.75. The SMILES string of the molecule is CCCc1nc(Cn2cc(Br)cc(Br)c2=O)cs1. The van der Waals surface area contributed by atoms with Crippen molar-refractivity contribution in [1.82, 2.24) is 9.55 Å². The number of rotatable bonds is 4. The van der Waals surface area contributed by atoms with Crippen LogP contribution in [0, 0.1) is 0 Å². The molecule has 2 aromatic rings. The van der Waals surface area contributed by atoms with E-state index in [-0.39, 0.29) is 5.56 Å². The molecule has 96 valence electrons. The van der Waals surface area contributed by atoms with E-state index in [0.29, 0.717) is 11.0 Å². The van der Waals surface area contributed by atoms with Gasteiger partial charge in [-0.25, -0.2) is 4.98 Å². The molecule has 2 heterocycles. The van der Waals surface area contributed by atoms with E-state index in [1.165, 1.54) is 0 Å². The summed E-state index contributed by atoms with van der Waals surface area (Å²) in [6.45, 7) is 2.65. The normalized spacial score (nSPS) is 10.8. The highest BCUT2D eigenvalue weighted by Gasteiger charge is 2.06. The first-order chi connectivity index (χ1) is 8.60. The number of halogens is 2. The molecule has 2 aromatic heterocycles. The van der Waals surface area contributed by atoms with Crippen molar-refractivity contribution < 1.29 is 0 Å². The van der Waals surface area contributed by atoms with Crippen LogP contribution in [0.3, 0.4) is 0 Å². The predicted molar refractivity (Wildman–Crippen MR) is 81.3 cm³/mol. The molecule has 3 nitrogen and oxygen atoms in total. The van der Waals surface area contributed by atoms with E-state index < -0.39 is 0 Å². The first-order valence-electron chi connectivity index (χ1n) is 5.59.